The Kier molecular flexibility index (Phi) is 7.30. The van der Waals surface area contributed by atoms with Crippen LogP contribution in [-0.4, -0.2) is 30.1 Å². The van der Waals surface area contributed by atoms with E-state index in [9.17, 15) is 9.59 Å². The average molecular weight is 495 g/mol. The fraction of sp³-hybridized carbons (Fsp3) is 0.115. The first kappa shape index (κ1) is 23.5. The highest BCUT2D eigenvalue weighted by Gasteiger charge is 2.16. The Bertz CT molecular complexity index is 1360. The molecule has 0 aliphatic heterocycles. The van der Waals surface area contributed by atoms with E-state index in [4.69, 9.17) is 32.7 Å². The molecular weight excluding hydrogens is 475 g/mol. The van der Waals surface area contributed by atoms with E-state index in [1.807, 2.05) is 61.5 Å². The Balaban J connectivity index is 1.37. The minimum absolute atomic E-state index is 0.221. The number of pyridine rings is 1. The summed E-state index contributed by atoms with van der Waals surface area (Å²) in [4.78, 5) is 29.0. The predicted molar refractivity (Wildman–Crippen MR) is 133 cm³/mol. The molecule has 8 heteroatoms. The number of benzene rings is 3. The summed E-state index contributed by atoms with van der Waals surface area (Å²) in [6.45, 7) is 0.915. The first-order valence-electron chi connectivity index (χ1n) is 10.4. The largest absolute Gasteiger partial charge is 0.478 e. The van der Waals surface area contributed by atoms with Gasteiger partial charge >= 0.3 is 5.97 Å². The van der Waals surface area contributed by atoms with E-state index in [2.05, 4.69) is 10.3 Å². The van der Waals surface area contributed by atoms with Crippen molar-refractivity contribution in [2.45, 2.75) is 6.92 Å². The predicted octanol–water partition coefficient (Wildman–Crippen LogP) is 6.08. The van der Waals surface area contributed by atoms with Gasteiger partial charge in [-0.05, 0) is 36.8 Å². The first-order chi connectivity index (χ1) is 16.4. The number of amides is 1. The number of aromatic nitrogens is 1. The van der Waals surface area contributed by atoms with Crippen molar-refractivity contribution in [2.24, 2.45) is 0 Å². The molecule has 4 aromatic rings. The van der Waals surface area contributed by atoms with Gasteiger partial charge in [-0.15, -0.1) is 0 Å². The van der Waals surface area contributed by atoms with Gasteiger partial charge in [-0.25, -0.2) is 9.78 Å². The van der Waals surface area contributed by atoms with Gasteiger partial charge in [0.15, 0.2) is 19.0 Å². The quantitative estimate of drug-likeness (QED) is 0.315. The summed E-state index contributed by atoms with van der Waals surface area (Å²) in [7, 11) is 0. The third-order valence-electron chi connectivity index (χ3n) is 4.96. The van der Waals surface area contributed by atoms with Gasteiger partial charge < -0.3 is 14.8 Å². The SMILES string of the molecule is Cc1ccc2c(Cl)cc(Cl)c(OCC(=O)OCC(=O)Nc3ccccc3-c3ccccc3)c2n1. The molecule has 6 nitrogen and oxygen atoms in total. The van der Waals surface area contributed by atoms with E-state index in [0.29, 0.717) is 21.6 Å². The fourth-order valence-corrected chi connectivity index (χ4v) is 3.96. The number of nitrogens with one attached hydrogen (secondary N) is 1. The maximum absolute atomic E-state index is 12.4. The van der Waals surface area contributed by atoms with Crippen LogP contribution >= 0.6 is 23.2 Å². The van der Waals surface area contributed by atoms with Gasteiger partial charge in [-0.1, -0.05) is 71.7 Å². The molecule has 4 rings (SSSR count). The number of hydrogen-bond donors (Lipinski definition) is 1. The number of fused-ring (bicyclic) bond motifs is 1. The van der Waals surface area contributed by atoms with Crippen molar-refractivity contribution in [3.63, 3.8) is 0 Å². The summed E-state index contributed by atoms with van der Waals surface area (Å²) >= 11 is 12.5. The molecule has 0 saturated heterocycles. The number of carbonyl (C=O) groups excluding carboxylic acids is 2. The van der Waals surface area contributed by atoms with Crippen molar-refractivity contribution in [2.75, 3.05) is 18.5 Å². The Labute approximate surface area is 206 Å². The van der Waals surface area contributed by atoms with Crippen molar-refractivity contribution in [3.8, 4) is 16.9 Å². The lowest BCUT2D eigenvalue weighted by molar-refractivity contribution is -0.149. The highest BCUT2D eigenvalue weighted by atomic mass is 35.5. The highest BCUT2D eigenvalue weighted by molar-refractivity contribution is 6.39. The van der Waals surface area contributed by atoms with E-state index in [-0.39, 0.29) is 10.8 Å². The van der Waals surface area contributed by atoms with E-state index in [0.717, 1.165) is 16.8 Å². The standard InChI is InChI=1S/C26H20Cl2N2O4/c1-16-11-12-19-20(27)13-21(28)26(25(19)29-16)34-15-24(32)33-14-23(31)30-22-10-6-5-9-18(22)17-7-3-2-4-8-17/h2-13H,14-15H2,1H3,(H,30,31). The maximum atomic E-state index is 12.4. The number of carbonyl (C=O) groups is 2. The molecule has 1 N–H and O–H groups in total. The lowest BCUT2D eigenvalue weighted by Crippen LogP contribution is -2.24. The smallest absolute Gasteiger partial charge is 0.344 e. The zero-order valence-corrected chi connectivity index (χ0v) is 19.7. The molecule has 0 radical (unpaired) electrons. The van der Waals surface area contributed by atoms with Gasteiger partial charge in [0.2, 0.25) is 0 Å². The topological polar surface area (TPSA) is 77.5 Å². The summed E-state index contributed by atoms with van der Waals surface area (Å²) in [5.41, 5.74) is 3.62. The number of aryl methyl sites for hydroxylation is 1. The van der Waals surface area contributed by atoms with Crippen LogP contribution in [-0.2, 0) is 14.3 Å². The monoisotopic (exact) mass is 494 g/mol. The minimum Gasteiger partial charge on any atom is -0.478 e. The van der Waals surface area contributed by atoms with Crippen LogP contribution in [0.15, 0.2) is 72.8 Å². The summed E-state index contributed by atoms with van der Waals surface area (Å²) in [6, 6.07) is 22.2. The van der Waals surface area contributed by atoms with Gasteiger partial charge in [0.05, 0.1) is 10.0 Å². The Hall–Kier alpha value is -3.61. The molecule has 0 spiro atoms. The van der Waals surface area contributed by atoms with Crippen LogP contribution in [0.25, 0.3) is 22.0 Å². The van der Waals surface area contributed by atoms with Crippen molar-refractivity contribution in [1.82, 2.24) is 4.98 Å². The first-order valence-corrected chi connectivity index (χ1v) is 11.2. The fourth-order valence-electron chi connectivity index (χ4n) is 3.39. The molecule has 1 heterocycles. The van der Waals surface area contributed by atoms with Crippen molar-refractivity contribution in [1.29, 1.82) is 0 Å². The van der Waals surface area contributed by atoms with Crippen LogP contribution in [0, 0.1) is 6.92 Å². The number of ether oxygens (including phenoxy) is 2. The van der Waals surface area contributed by atoms with Crippen LogP contribution in [0.2, 0.25) is 10.0 Å². The zero-order chi connectivity index (χ0) is 24.1. The number of hydrogen-bond acceptors (Lipinski definition) is 5. The Morgan fingerprint density at radius 3 is 2.44 bits per heavy atom. The summed E-state index contributed by atoms with van der Waals surface area (Å²) < 4.78 is 10.7. The number of anilines is 1. The van der Waals surface area contributed by atoms with E-state index in [1.54, 1.807) is 12.1 Å². The number of halogens is 2. The summed E-state index contributed by atoms with van der Waals surface area (Å²) in [5, 5.41) is 4.08. The van der Waals surface area contributed by atoms with Crippen LogP contribution in [0.3, 0.4) is 0 Å². The normalized spacial score (nSPS) is 10.7. The lowest BCUT2D eigenvalue weighted by Gasteiger charge is -2.13. The van der Waals surface area contributed by atoms with Crippen LogP contribution in [0.1, 0.15) is 5.69 Å². The summed E-state index contributed by atoms with van der Waals surface area (Å²) in [5.74, 6) is -0.967. The molecule has 0 aliphatic rings. The second-order valence-corrected chi connectivity index (χ2v) is 8.24. The Morgan fingerprint density at radius 1 is 0.912 bits per heavy atom. The van der Waals surface area contributed by atoms with E-state index < -0.39 is 25.1 Å². The molecule has 0 atom stereocenters. The molecule has 0 fully saturated rings. The summed E-state index contributed by atoms with van der Waals surface area (Å²) in [6.07, 6.45) is 0. The van der Waals surface area contributed by atoms with Gasteiger partial charge in [-0.2, -0.15) is 0 Å². The second kappa shape index (κ2) is 10.5. The molecule has 172 valence electrons. The van der Waals surface area contributed by atoms with Crippen molar-refractivity contribution >= 4 is 51.7 Å². The third kappa shape index (κ3) is 5.47. The average Bonchev–Trinajstić information content (AvgIpc) is 2.83. The highest BCUT2D eigenvalue weighted by Crippen LogP contribution is 2.37. The molecule has 1 amide bonds. The van der Waals surface area contributed by atoms with Crippen LogP contribution in [0.5, 0.6) is 5.75 Å². The Morgan fingerprint density at radius 2 is 1.65 bits per heavy atom. The molecule has 0 aliphatic carbocycles. The molecule has 0 unspecified atom stereocenters. The number of nitrogens with zero attached hydrogens (tertiary/aromatic N) is 1. The van der Waals surface area contributed by atoms with Gasteiger partial charge in [0.1, 0.15) is 5.52 Å². The van der Waals surface area contributed by atoms with Crippen molar-refractivity contribution < 1.29 is 19.1 Å². The molecule has 1 aromatic heterocycles. The zero-order valence-electron chi connectivity index (χ0n) is 18.2. The number of rotatable bonds is 7. The van der Waals surface area contributed by atoms with E-state index >= 15 is 0 Å². The number of esters is 1. The van der Waals surface area contributed by atoms with Gasteiger partial charge in [0.25, 0.3) is 5.91 Å². The second-order valence-electron chi connectivity index (χ2n) is 7.43. The lowest BCUT2D eigenvalue weighted by atomic mass is 10.0. The van der Waals surface area contributed by atoms with Gasteiger partial charge in [0, 0.05) is 22.3 Å². The molecule has 0 saturated carbocycles. The molecular formula is C26H20Cl2N2O4. The van der Waals surface area contributed by atoms with E-state index in [1.165, 1.54) is 6.07 Å². The third-order valence-corrected chi connectivity index (χ3v) is 5.56. The maximum Gasteiger partial charge on any atom is 0.344 e. The number of para-hydroxylation sites is 1. The minimum atomic E-state index is -0.724. The molecule has 0 bridgehead atoms. The van der Waals surface area contributed by atoms with Crippen LogP contribution in [0.4, 0.5) is 5.69 Å². The molecule has 34 heavy (non-hydrogen) atoms. The van der Waals surface area contributed by atoms with Gasteiger partial charge in [-0.3, -0.25) is 4.79 Å². The van der Waals surface area contributed by atoms with Crippen molar-refractivity contribution in [3.05, 3.63) is 88.5 Å². The molecule has 3 aromatic carbocycles. The van der Waals surface area contributed by atoms with Crippen LogP contribution < -0.4 is 10.1 Å².